The Bertz CT molecular complexity index is 1230. The number of thiophene rings is 1. The maximum atomic E-state index is 13.2. The lowest BCUT2D eigenvalue weighted by Gasteiger charge is -2.13. The largest absolute Gasteiger partial charge is 0.497 e. The van der Waals surface area contributed by atoms with Crippen LogP contribution < -0.4 is 16.0 Å². The molecule has 0 saturated carbocycles. The fourth-order valence-corrected chi connectivity index (χ4v) is 3.97. The Morgan fingerprint density at radius 1 is 1.04 bits per heavy atom. The Hall–Kier alpha value is -3.12. The summed E-state index contributed by atoms with van der Waals surface area (Å²) in [4.78, 5) is 26.2. The number of fused-ring (bicyclic) bond motifs is 1. The molecule has 0 amide bonds. The number of methoxy groups -OCH3 is 1. The molecule has 4 aromatic rings. The maximum Gasteiger partial charge on any atom is 0.336 e. The Labute approximate surface area is 159 Å². The molecule has 0 radical (unpaired) electrons. The maximum absolute atomic E-state index is 13.2. The number of hydrogen-bond acceptors (Lipinski definition) is 4. The van der Waals surface area contributed by atoms with Crippen LogP contribution in [-0.2, 0) is 6.54 Å². The summed E-state index contributed by atoms with van der Waals surface area (Å²) in [5.41, 5.74) is 2.58. The molecule has 0 saturated heterocycles. The standard InChI is InChI=1S/C21H18N2O3S/c1-14-4-3-5-16(12-14)23-20(24)19-18(10-11-27-19)22(21(23)25)13-15-6-8-17(26-2)9-7-15/h3-12H,13H2,1-2H3. The van der Waals surface area contributed by atoms with Crippen LogP contribution in [0, 0.1) is 6.92 Å². The van der Waals surface area contributed by atoms with Gasteiger partial charge in [0.05, 0.1) is 24.9 Å². The Kier molecular flexibility index (Phi) is 4.41. The second-order valence-corrected chi connectivity index (χ2v) is 7.25. The van der Waals surface area contributed by atoms with Crippen LogP contribution in [0.5, 0.6) is 5.75 Å². The van der Waals surface area contributed by atoms with Gasteiger partial charge in [-0.3, -0.25) is 9.36 Å². The van der Waals surface area contributed by atoms with Gasteiger partial charge >= 0.3 is 5.69 Å². The van der Waals surface area contributed by atoms with E-state index in [1.54, 1.807) is 17.7 Å². The zero-order chi connectivity index (χ0) is 19.0. The van der Waals surface area contributed by atoms with Crippen molar-refractivity contribution in [1.29, 1.82) is 0 Å². The number of aromatic nitrogens is 2. The number of hydrogen-bond donors (Lipinski definition) is 0. The van der Waals surface area contributed by atoms with Crippen LogP contribution in [0.15, 0.2) is 69.6 Å². The third-order valence-corrected chi connectivity index (χ3v) is 5.41. The van der Waals surface area contributed by atoms with Crippen molar-refractivity contribution in [3.63, 3.8) is 0 Å². The first kappa shape index (κ1) is 17.3. The van der Waals surface area contributed by atoms with Crippen molar-refractivity contribution in [1.82, 2.24) is 9.13 Å². The van der Waals surface area contributed by atoms with E-state index in [0.29, 0.717) is 22.4 Å². The van der Waals surface area contributed by atoms with E-state index < -0.39 is 0 Å². The summed E-state index contributed by atoms with van der Waals surface area (Å²) in [6.07, 6.45) is 0. The molecule has 0 atom stereocenters. The highest BCUT2D eigenvalue weighted by Crippen LogP contribution is 2.19. The van der Waals surface area contributed by atoms with Gasteiger partial charge < -0.3 is 4.74 Å². The molecule has 4 rings (SSSR count). The zero-order valence-corrected chi connectivity index (χ0v) is 15.8. The Morgan fingerprint density at radius 3 is 2.52 bits per heavy atom. The molecule has 2 heterocycles. The molecule has 2 aromatic heterocycles. The molecule has 2 aromatic carbocycles. The normalized spacial score (nSPS) is 11.0. The summed E-state index contributed by atoms with van der Waals surface area (Å²) in [6, 6.07) is 16.8. The highest BCUT2D eigenvalue weighted by Gasteiger charge is 2.16. The molecule has 0 bridgehead atoms. The first-order chi connectivity index (χ1) is 13.1. The lowest BCUT2D eigenvalue weighted by molar-refractivity contribution is 0.414. The van der Waals surface area contributed by atoms with Crippen LogP contribution in [0.3, 0.4) is 0 Å². The average molecular weight is 378 g/mol. The number of benzene rings is 2. The first-order valence-electron chi connectivity index (χ1n) is 8.51. The summed E-state index contributed by atoms with van der Waals surface area (Å²) >= 11 is 1.35. The van der Waals surface area contributed by atoms with E-state index in [9.17, 15) is 9.59 Å². The molecule has 0 fully saturated rings. The Balaban J connectivity index is 1.93. The highest BCUT2D eigenvalue weighted by molar-refractivity contribution is 7.17. The predicted molar refractivity (Wildman–Crippen MR) is 109 cm³/mol. The quantitative estimate of drug-likeness (QED) is 0.545. The summed E-state index contributed by atoms with van der Waals surface area (Å²) < 4.78 is 8.68. The summed E-state index contributed by atoms with van der Waals surface area (Å²) in [5.74, 6) is 0.761. The van der Waals surface area contributed by atoms with Gasteiger partial charge in [0.2, 0.25) is 0 Å². The van der Waals surface area contributed by atoms with Gasteiger partial charge in [-0.25, -0.2) is 9.36 Å². The van der Waals surface area contributed by atoms with Gasteiger partial charge in [-0.1, -0.05) is 24.3 Å². The number of aryl methyl sites for hydroxylation is 1. The summed E-state index contributed by atoms with van der Waals surface area (Å²) in [6.45, 7) is 2.32. The number of rotatable bonds is 4. The van der Waals surface area contributed by atoms with Crippen LogP contribution in [0.25, 0.3) is 15.9 Å². The second-order valence-electron chi connectivity index (χ2n) is 6.33. The molecule has 0 unspecified atom stereocenters. The zero-order valence-electron chi connectivity index (χ0n) is 15.0. The van der Waals surface area contributed by atoms with E-state index in [1.165, 1.54) is 15.9 Å². The summed E-state index contributed by atoms with van der Waals surface area (Å²) in [5, 5.41) is 1.84. The lowest BCUT2D eigenvalue weighted by Crippen LogP contribution is -2.38. The topological polar surface area (TPSA) is 53.2 Å². The van der Waals surface area contributed by atoms with Crippen LogP contribution in [-0.4, -0.2) is 16.2 Å². The molecule has 6 heteroatoms. The monoisotopic (exact) mass is 378 g/mol. The van der Waals surface area contributed by atoms with Gasteiger partial charge in [0.25, 0.3) is 5.56 Å². The molecule has 27 heavy (non-hydrogen) atoms. The molecule has 0 N–H and O–H groups in total. The van der Waals surface area contributed by atoms with Gasteiger partial charge in [0, 0.05) is 0 Å². The molecule has 0 aliphatic heterocycles. The van der Waals surface area contributed by atoms with Crippen LogP contribution in [0.2, 0.25) is 0 Å². The first-order valence-corrected chi connectivity index (χ1v) is 9.39. The molecular weight excluding hydrogens is 360 g/mol. The second kappa shape index (κ2) is 6.89. The van der Waals surface area contributed by atoms with Crippen molar-refractivity contribution in [3.05, 3.63) is 91.9 Å². The minimum absolute atomic E-state index is 0.276. The van der Waals surface area contributed by atoms with E-state index in [2.05, 4.69) is 0 Å². The minimum atomic E-state index is -0.340. The van der Waals surface area contributed by atoms with Gasteiger partial charge in [-0.05, 0) is 53.8 Å². The molecular formula is C21H18N2O3S. The van der Waals surface area contributed by atoms with E-state index in [0.717, 1.165) is 16.9 Å². The van der Waals surface area contributed by atoms with Crippen LogP contribution in [0.4, 0.5) is 0 Å². The molecule has 0 aliphatic rings. The minimum Gasteiger partial charge on any atom is -0.497 e. The van der Waals surface area contributed by atoms with Crippen molar-refractivity contribution in [3.8, 4) is 11.4 Å². The van der Waals surface area contributed by atoms with Gasteiger partial charge in [0.1, 0.15) is 10.4 Å². The van der Waals surface area contributed by atoms with Crippen molar-refractivity contribution in [2.45, 2.75) is 13.5 Å². The predicted octanol–water partition coefficient (Wildman–Crippen LogP) is 3.58. The third kappa shape index (κ3) is 3.08. The van der Waals surface area contributed by atoms with Crippen LogP contribution >= 0.6 is 11.3 Å². The van der Waals surface area contributed by atoms with Gasteiger partial charge in [-0.15, -0.1) is 11.3 Å². The SMILES string of the molecule is COc1ccc(Cn2c(=O)n(-c3cccc(C)c3)c(=O)c3sccc32)cc1. The van der Waals surface area contributed by atoms with E-state index in [-0.39, 0.29) is 11.2 Å². The fraction of sp³-hybridized carbons (Fsp3) is 0.143. The molecule has 0 aliphatic carbocycles. The number of ether oxygens (including phenoxy) is 1. The molecule has 5 nitrogen and oxygen atoms in total. The van der Waals surface area contributed by atoms with Crippen molar-refractivity contribution in [2.75, 3.05) is 7.11 Å². The van der Waals surface area contributed by atoms with E-state index in [1.807, 2.05) is 60.8 Å². The summed E-state index contributed by atoms with van der Waals surface area (Å²) in [7, 11) is 1.62. The molecule has 136 valence electrons. The third-order valence-electron chi connectivity index (χ3n) is 4.51. The van der Waals surface area contributed by atoms with Crippen molar-refractivity contribution >= 4 is 21.6 Å². The van der Waals surface area contributed by atoms with Gasteiger partial charge in [0.15, 0.2) is 0 Å². The average Bonchev–Trinajstić information content (AvgIpc) is 3.16. The fourth-order valence-electron chi connectivity index (χ4n) is 3.15. The Morgan fingerprint density at radius 2 is 1.81 bits per heavy atom. The van der Waals surface area contributed by atoms with Crippen molar-refractivity contribution < 1.29 is 4.74 Å². The highest BCUT2D eigenvalue weighted by atomic mass is 32.1. The number of nitrogens with zero attached hydrogens (tertiary/aromatic N) is 2. The smallest absolute Gasteiger partial charge is 0.336 e. The van der Waals surface area contributed by atoms with Crippen molar-refractivity contribution in [2.24, 2.45) is 0 Å². The molecule has 0 spiro atoms. The van der Waals surface area contributed by atoms with E-state index in [4.69, 9.17) is 4.74 Å². The van der Waals surface area contributed by atoms with Crippen LogP contribution in [0.1, 0.15) is 11.1 Å². The van der Waals surface area contributed by atoms with Gasteiger partial charge in [-0.2, -0.15) is 0 Å². The lowest BCUT2D eigenvalue weighted by atomic mass is 10.2. The van der Waals surface area contributed by atoms with E-state index >= 15 is 0 Å².